The number of rotatable bonds is 4. The summed E-state index contributed by atoms with van der Waals surface area (Å²) in [5.41, 5.74) is 0. The Morgan fingerprint density at radius 2 is 1.88 bits per heavy atom. The van der Waals surface area contributed by atoms with Gasteiger partial charge in [-0.25, -0.2) is 9.78 Å². The largest absolute Gasteiger partial charge is 0.477 e. The summed E-state index contributed by atoms with van der Waals surface area (Å²) in [6, 6.07) is 7.84. The normalized spacial score (nSPS) is 19.2. The Kier molecular flexibility index (Phi) is 4.22. The highest BCUT2D eigenvalue weighted by atomic mass is 32.1. The predicted octanol–water partition coefficient (Wildman–Crippen LogP) is 2.15. The molecule has 2 aromatic rings. The number of hydrogen-bond donors (Lipinski definition) is 1. The van der Waals surface area contributed by atoms with E-state index in [9.17, 15) is 4.79 Å². The number of carboxylic acids is 1. The third-order valence-electron chi connectivity index (χ3n) is 4.59. The molecule has 1 aromatic heterocycles. The molecule has 7 nitrogen and oxygen atoms in total. The van der Waals surface area contributed by atoms with Crippen LogP contribution in [0, 0.1) is 0 Å². The van der Waals surface area contributed by atoms with Crippen molar-refractivity contribution in [3.8, 4) is 11.5 Å². The van der Waals surface area contributed by atoms with Crippen LogP contribution in [-0.2, 0) is 0 Å². The summed E-state index contributed by atoms with van der Waals surface area (Å²) in [6.07, 6.45) is 1.12. The number of fused-ring (bicyclic) bond motifs is 1. The Morgan fingerprint density at radius 3 is 2.44 bits per heavy atom. The average molecular weight is 361 g/mol. The van der Waals surface area contributed by atoms with Gasteiger partial charge in [0.05, 0.1) is 12.2 Å². The van der Waals surface area contributed by atoms with Crippen molar-refractivity contribution in [3.63, 3.8) is 0 Å². The highest BCUT2D eigenvalue weighted by Gasteiger charge is 2.34. The molecule has 4 rings (SSSR count). The van der Waals surface area contributed by atoms with Crippen molar-refractivity contribution < 1.29 is 19.4 Å². The molecule has 0 amide bonds. The van der Waals surface area contributed by atoms with Crippen LogP contribution in [0.2, 0.25) is 0 Å². The molecule has 2 aliphatic heterocycles. The number of aromatic nitrogens is 1. The predicted molar refractivity (Wildman–Crippen MR) is 93.8 cm³/mol. The second-order valence-corrected chi connectivity index (χ2v) is 7.14. The molecule has 2 aliphatic rings. The van der Waals surface area contributed by atoms with E-state index in [0.29, 0.717) is 0 Å². The summed E-state index contributed by atoms with van der Waals surface area (Å²) < 4.78 is 11.8. The maximum absolute atomic E-state index is 11.0. The van der Waals surface area contributed by atoms with Crippen molar-refractivity contribution in [2.24, 2.45) is 0 Å². The van der Waals surface area contributed by atoms with E-state index >= 15 is 0 Å². The first kappa shape index (κ1) is 16.2. The maximum atomic E-state index is 11.0. The van der Waals surface area contributed by atoms with Gasteiger partial charge in [0.1, 0.15) is 4.88 Å². The second-order valence-electron chi connectivity index (χ2n) is 6.13. The highest BCUT2D eigenvalue weighted by molar-refractivity contribution is 7.17. The lowest BCUT2D eigenvalue weighted by molar-refractivity contribution is -0.0280. The van der Waals surface area contributed by atoms with Gasteiger partial charge in [-0.3, -0.25) is 4.90 Å². The molecule has 0 radical (unpaired) electrons. The van der Waals surface area contributed by atoms with Crippen molar-refractivity contribution in [2.75, 3.05) is 31.1 Å². The van der Waals surface area contributed by atoms with E-state index in [0.717, 1.165) is 42.8 Å². The number of para-hydroxylation sites is 2. The van der Waals surface area contributed by atoms with Gasteiger partial charge in [-0.05, 0) is 19.1 Å². The van der Waals surface area contributed by atoms with Crippen LogP contribution in [0.4, 0.5) is 5.13 Å². The molecule has 0 saturated carbocycles. The molecule has 0 bridgehead atoms. The SMILES string of the molecule is CC(C1Oc2ccccc2O1)N1CCN(c2ncc(C(=O)O)s2)CC1. The first-order valence-electron chi connectivity index (χ1n) is 8.22. The van der Waals surface area contributed by atoms with Crippen LogP contribution in [0.15, 0.2) is 30.5 Å². The molecule has 1 saturated heterocycles. The summed E-state index contributed by atoms with van der Waals surface area (Å²) in [7, 11) is 0. The van der Waals surface area contributed by atoms with Gasteiger partial charge in [0.25, 0.3) is 6.29 Å². The third-order valence-corrected chi connectivity index (χ3v) is 5.64. The number of carboxylic acid groups (broad SMARTS) is 1. The Bertz CT molecular complexity index is 748. The van der Waals surface area contributed by atoms with Gasteiger partial charge in [-0.2, -0.15) is 0 Å². The first-order valence-corrected chi connectivity index (χ1v) is 9.04. The molecule has 3 heterocycles. The number of hydrogen-bond acceptors (Lipinski definition) is 7. The zero-order valence-electron chi connectivity index (χ0n) is 13.8. The summed E-state index contributed by atoms with van der Waals surface area (Å²) in [6.45, 7) is 5.41. The lowest BCUT2D eigenvalue weighted by Gasteiger charge is -2.38. The van der Waals surface area contributed by atoms with E-state index in [1.165, 1.54) is 17.5 Å². The standard InChI is InChI=1S/C17H19N3O4S/c1-11(16-23-12-4-2-3-5-13(12)24-16)19-6-8-20(9-7-19)17-18-10-14(25-17)15(21)22/h2-5,10-11,16H,6-9H2,1H3,(H,21,22). The number of nitrogens with zero attached hydrogens (tertiary/aromatic N) is 3. The van der Waals surface area contributed by atoms with Gasteiger partial charge in [-0.15, -0.1) is 0 Å². The van der Waals surface area contributed by atoms with Gasteiger partial charge in [0, 0.05) is 26.2 Å². The van der Waals surface area contributed by atoms with Crippen LogP contribution >= 0.6 is 11.3 Å². The molecular weight excluding hydrogens is 342 g/mol. The van der Waals surface area contributed by atoms with E-state index in [-0.39, 0.29) is 17.2 Å². The van der Waals surface area contributed by atoms with Crippen LogP contribution in [0.1, 0.15) is 16.6 Å². The van der Waals surface area contributed by atoms with Crippen molar-refractivity contribution in [1.29, 1.82) is 0 Å². The molecule has 1 N–H and O–H groups in total. The molecule has 25 heavy (non-hydrogen) atoms. The van der Waals surface area contributed by atoms with Crippen molar-refractivity contribution in [2.45, 2.75) is 19.3 Å². The lowest BCUT2D eigenvalue weighted by atomic mass is 10.2. The summed E-state index contributed by atoms with van der Waals surface area (Å²) in [5.74, 6) is 0.662. The Balaban J connectivity index is 1.35. The van der Waals surface area contributed by atoms with Crippen LogP contribution in [-0.4, -0.2) is 59.5 Å². The number of benzene rings is 1. The van der Waals surface area contributed by atoms with Crippen molar-refractivity contribution in [3.05, 3.63) is 35.3 Å². The number of anilines is 1. The summed E-state index contributed by atoms with van der Waals surface area (Å²) in [5, 5.41) is 9.79. The van der Waals surface area contributed by atoms with Crippen LogP contribution in [0.5, 0.6) is 11.5 Å². The Hall–Kier alpha value is -2.32. The van der Waals surface area contributed by atoms with Gasteiger partial charge in [-0.1, -0.05) is 23.5 Å². The minimum atomic E-state index is -0.925. The number of thiazole rings is 1. The van der Waals surface area contributed by atoms with Crippen LogP contribution in [0.3, 0.4) is 0 Å². The Labute approximate surface area is 149 Å². The van der Waals surface area contributed by atoms with Crippen LogP contribution < -0.4 is 14.4 Å². The van der Waals surface area contributed by atoms with Gasteiger partial charge in [0.2, 0.25) is 0 Å². The number of ether oxygens (including phenoxy) is 2. The number of piperazine rings is 1. The monoisotopic (exact) mass is 361 g/mol. The van der Waals surface area contributed by atoms with Gasteiger partial charge >= 0.3 is 5.97 Å². The smallest absolute Gasteiger partial charge is 0.347 e. The fraction of sp³-hybridized carbons (Fsp3) is 0.412. The van der Waals surface area contributed by atoms with E-state index in [4.69, 9.17) is 14.6 Å². The number of carbonyl (C=O) groups is 1. The molecule has 1 atom stereocenters. The summed E-state index contributed by atoms with van der Waals surface area (Å²) in [4.78, 5) is 20.0. The zero-order chi connectivity index (χ0) is 17.4. The molecule has 132 valence electrons. The van der Waals surface area contributed by atoms with E-state index in [1.54, 1.807) is 0 Å². The minimum absolute atomic E-state index is 0.125. The molecule has 0 aliphatic carbocycles. The fourth-order valence-electron chi connectivity index (χ4n) is 3.12. The van der Waals surface area contributed by atoms with Crippen molar-refractivity contribution >= 4 is 22.4 Å². The summed E-state index contributed by atoms with van der Waals surface area (Å²) >= 11 is 1.22. The second kappa shape index (κ2) is 6.53. The topological polar surface area (TPSA) is 75.1 Å². The van der Waals surface area contributed by atoms with Crippen LogP contribution in [0.25, 0.3) is 0 Å². The average Bonchev–Trinajstić information content (AvgIpc) is 3.28. The van der Waals surface area contributed by atoms with Gasteiger partial charge < -0.3 is 19.5 Å². The van der Waals surface area contributed by atoms with E-state index in [1.807, 2.05) is 24.3 Å². The molecule has 0 spiro atoms. The molecular formula is C17H19N3O4S. The first-order chi connectivity index (χ1) is 12.1. The van der Waals surface area contributed by atoms with Crippen molar-refractivity contribution in [1.82, 2.24) is 9.88 Å². The minimum Gasteiger partial charge on any atom is -0.477 e. The van der Waals surface area contributed by atoms with E-state index in [2.05, 4.69) is 21.7 Å². The molecule has 1 fully saturated rings. The molecule has 1 aromatic carbocycles. The third kappa shape index (κ3) is 3.14. The molecule has 8 heteroatoms. The highest BCUT2D eigenvalue weighted by Crippen LogP contribution is 2.35. The van der Waals surface area contributed by atoms with E-state index < -0.39 is 5.97 Å². The fourth-order valence-corrected chi connectivity index (χ4v) is 3.93. The van der Waals surface area contributed by atoms with Gasteiger partial charge in [0.15, 0.2) is 16.6 Å². The Morgan fingerprint density at radius 1 is 1.24 bits per heavy atom. The number of aromatic carboxylic acids is 1. The lowest BCUT2D eigenvalue weighted by Crippen LogP contribution is -2.54. The maximum Gasteiger partial charge on any atom is 0.347 e. The quantitative estimate of drug-likeness (QED) is 0.894. The zero-order valence-corrected chi connectivity index (χ0v) is 14.6. The molecule has 1 unspecified atom stereocenters.